The molecule has 0 unspecified atom stereocenters. The van der Waals surface area contributed by atoms with E-state index in [1.54, 1.807) is 0 Å². The molecule has 0 N–H and O–H groups in total. The van der Waals surface area contributed by atoms with Gasteiger partial charge in [-0.05, 0) is 57.7 Å². The van der Waals surface area contributed by atoms with Gasteiger partial charge in [0, 0.05) is 18.5 Å². The van der Waals surface area contributed by atoms with Gasteiger partial charge in [-0.25, -0.2) is 4.98 Å². The van der Waals surface area contributed by atoms with Gasteiger partial charge in [-0.15, -0.1) is 0 Å². The topological polar surface area (TPSA) is 32.3 Å². The van der Waals surface area contributed by atoms with E-state index in [-0.39, 0.29) is 0 Å². The van der Waals surface area contributed by atoms with Crippen molar-refractivity contribution in [2.75, 3.05) is 38.6 Å². The van der Waals surface area contributed by atoms with Crippen molar-refractivity contribution in [3.8, 4) is 0 Å². The lowest BCUT2D eigenvalue weighted by atomic mass is 10.2. The van der Waals surface area contributed by atoms with Gasteiger partial charge >= 0.3 is 0 Å². The van der Waals surface area contributed by atoms with E-state index in [4.69, 9.17) is 11.6 Å². The molecule has 0 saturated carbocycles. The number of hydrogen-bond acceptors (Lipinski definition) is 4. The van der Waals surface area contributed by atoms with Gasteiger partial charge in [0.2, 0.25) is 5.28 Å². The Bertz CT molecular complexity index is 571. The first-order valence-corrected chi connectivity index (χ1v) is 7.31. The first-order chi connectivity index (χ1) is 9.61. The zero-order valence-electron chi connectivity index (χ0n) is 12.3. The average molecular weight is 293 g/mol. The van der Waals surface area contributed by atoms with Gasteiger partial charge in [-0.2, -0.15) is 4.98 Å². The predicted octanol–water partition coefficient (Wildman–Crippen LogP) is 3.06. The molecule has 0 atom stereocenters. The van der Waals surface area contributed by atoms with Gasteiger partial charge in [0.25, 0.3) is 0 Å². The van der Waals surface area contributed by atoms with Crippen molar-refractivity contribution in [3.05, 3.63) is 29.5 Å². The van der Waals surface area contributed by atoms with E-state index in [1.807, 2.05) is 18.2 Å². The Morgan fingerprint density at radius 2 is 1.85 bits per heavy atom. The fourth-order valence-corrected chi connectivity index (χ4v) is 2.44. The molecule has 0 aliphatic rings. The van der Waals surface area contributed by atoms with Crippen LogP contribution in [0.25, 0.3) is 10.9 Å². The smallest absolute Gasteiger partial charge is 0.224 e. The summed E-state index contributed by atoms with van der Waals surface area (Å²) in [7, 11) is 4.18. The Kier molecular flexibility index (Phi) is 5.15. The third kappa shape index (κ3) is 3.58. The summed E-state index contributed by atoms with van der Waals surface area (Å²) < 4.78 is 0. The highest BCUT2D eigenvalue weighted by molar-refractivity contribution is 6.28. The molecule has 0 saturated heterocycles. The maximum atomic E-state index is 6.05. The van der Waals surface area contributed by atoms with Crippen LogP contribution in [0.1, 0.15) is 13.3 Å². The summed E-state index contributed by atoms with van der Waals surface area (Å²) in [5.74, 6) is 0.932. The van der Waals surface area contributed by atoms with E-state index >= 15 is 0 Å². The first kappa shape index (κ1) is 15.0. The molecule has 1 heterocycles. The second kappa shape index (κ2) is 6.86. The van der Waals surface area contributed by atoms with Gasteiger partial charge in [0.15, 0.2) is 0 Å². The maximum absolute atomic E-state index is 6.05. The lowest BCUT2D eigenvalue weighted by Crippen LogP contribution is -2.28. The third-order valence-electron chi connectivity index (χ3n) is 3.27. The summed E-state index contributed by atoms with van der Waals surface area (Å²) in [4.78, 5) is 13.2. The zero-order chi connectivity index (χ0) is 14.5. The summed E-state index contributed by atoms with van der Waals surface area (Å²) in [5.41, 5.74) is 0.897. The summed E-state index contributed by atoms with van der Waals surface area (Å²) in [5, 5.41) is 1.37. The highest BCUT2D eigenvalue weighted by atomic mass is 35.5. The molecule has 0 bridgehead atoms. The van der Waals surface area contributed by atoms with E-state index in [0.717, 1.165) is 42.8 Å². The molecule has 0 spiro atoms. The number of nitrogens with zero attached hydrogens (tertiary/aromatic N) is 4. The number of para-hydroxylation sites is 1. The number of fused-ring (bicyclic) bond motifs is 1. The summed E-state index contributed by atoms with van der Waals surface area (Å²) in [6.45, 7) is 5.07. The molecule has 5 heteroatoms. The lowest BCUT2D eigenvalue weighted by Gasteiger charge is -2.24. The molecule has 20 heavy (non-hydrogen) atoms. The third-order valence-corrected chi connectivity index (χ3v) is 3.44. The van der Waals surface area contributed by atoms with E-state index in [9.17, 15) is 0 Å². The van der Waals surface area contributed by atoms with Crippen LogP contribution in [0.5, 0.6) is 0 Å². The Hall–Kier alpha value is -1.39. The predicted molar refractivity (Wildman–Crippen MR) is 85.6 cm³/mol. The molecule has 0 fully saturated rings. The Balaban J connectivity index is 2.29. The van der Waals surface area contributed by atoms with E-state index in [2.05, 4.69) is 46.9 Å². The number of halogens is 1. The van der Waals surface area contributed by atoms with Crippen molar-refractivity contribution in [2.24, 2.45) is 0 Å². The van der Waals surface area contributed by atoms with Crippen molar-refractivity contribution in [1.29, 1.82) is 0 Å². The van der Waals surface area contributed by atoms with Crippen molar-refractivity contribution in [1.82, 2.24) is 14.9 Å². The molecule has 0 aliphatic heterocycles. The van der Waals surface area contributed by atoms with Crippen molar-refractivity contribution in [3.63, 3.8) is 0 Å². The van der Waals surface area contributed by atoms with Gasteiger partial charge in [0.1, 0.15) is 5.82 Å². The van der Waals surface area contributed by atoms with Crippen molar-refractivity contribution in [2.45, 2.75) is 13.3 Å². The number of aromatic nitrogens is 2. The van der Waals surface area contributed by atoms with Crippen LogP contribution in [0, 0.1) is 0 Å². The van der Waals surface area contributed by atoms with E-state index < -0.39 is 0 Å². The maximum Gasteiger partial charge on any atom is 0.224 e. The van der Waals surface area contributed by atoms with Crippen LogP contribution in [0.15, 0.2) is 24.3 Å². The Labute approximate surface area is 125 Å². The zero-order valence-corrected chi connectivity index (χ0v) is 13.1. The van der Waals surface area contributed by atoms with Crippen LogP contribution < -0.4 is 4.90 Å². The fraction of sp³-hybridized carbons (Fsp3) is 0.467. The molecular weight excluding hydrogens is 272 g/mol. The van der Waals surface area contributed by atoms with Crippen LogP contribution in [-0.4, -0.2) is 48.6 Å². The minimum atomic E-state index is 0.310. The minimum Gasteiger partial charge on any atom is -0.356 e. The molecule has 1 aromatic carbocycles. The molecule has 2 aromatic rings. The summed E-state index contributed by atoms with van der Waals surface area (Å²) in [6.07, 6.45) is 1.09. The molecule has 0 aliphatic carbocycles. The normalized spacial score (nSPS) is 11.2. The second-order valence-electron chi connectivity index (χ2n) is 5.07. The SMILES string of the molecule is CCN(CCCN(C)C)c1nc(Cl)nc2ccccc12. The Morgan fingerprint density at radius 1 is 1.10 bits per heavy atom. The van der Waals surface area contributed by atoms with Gasteiger partial charge in [-0.3, -0.25) is 0 Å². The first-order valence-electron chi connectivity index (χ1n) is 6.93. The fourth-order valence-electron chi connectivity index (χ4n) is 2.26. The number of rotatable bonds is 6. The largest absolute Gasteiger partial charge is 0.356 e. The van der Waals surface area contributed by atoms with Crippen LogP contribution in [0.2, 0.25) is 5.28 Å². The molecular formula is C15H21ClN4. The monoisotopic (exact) mass is 292 g/mol. The van der Waals surface area contributed by atoms with Crippen molar-refractivity contribution >= 4 is 28.3 Å². The second-order valence-corrected chi connectivity index (χ2v) is 5.41. The Morgan fingerprint density at radius 3 is 2.55 bits per heavy atom. The summed E-state index contributed by atoms with van der Waals surface area (Å²) >= 11 is 6.05. The van der Waals surface area contributed by atoms with Crippen LogP contribution in [0.3, 0.4) is 0 Å². The van der Waals surface area contributed by atoms with Crippen LogP contribution >= 0.6 is 11.6 Å². The van der Waals surface area contributed by atoms with Gasteiger partial charge in [0.05, 0.1) is 5.52 Å². The molecule has 0 amide bonds. The van der Waals surface area contributed by atoms with Gasteiger partial charge in [-0.1, -0.05) is 12.1 Å². The molecule has 1 aromatic heterocycles. The molecule has 0 radical (unpaired) electrons. The number of hydrogen-bond donors (Lipinski definition) is 0. The minimum absolute atomic E-state index is 0.310. The van der Waals surface area contributed by atoms with Crippen LogP contribution in [0.4, 0.5) is 5.82 Å². The van der Waals surface area contributed by atoms with Crippen LogP contribution in [-0.2, 0) is 0 Å². The van der Waals surface area contributed by atoms with E-state index in [0.29, 0.717) is 5.28 Å². The standard InChI is InChI=1S/C15H21ClN4/c1-4-20(11-7-10-19(2)3)14-12-8-5-6-9-13(12)17-15(16)18-14/h5-6,8-9H,4,7,10-11H2,1-3H3. The van der Waals surface area contributed by atoms with Crippen molar-refractivity contribution < 1.29 is 0 Å². The summed E-state index contributed by atoms with van der Waals surface area (Å²) in [6, 6.07) is 8.00. The number of benzene rings is 1. The van der Waals surface area contributed by atoms with Gasteiger partial charge < -0.3 is 9.80 Å². The number of anilines is 1. The average Bonchev–Trinajstić information content (AvgIpc) is 2.42. The molecule has 2 rings (SSSR count). The van der Waals surface area contributed by atoms with E-state index in [1.165, 1.54) is 0 Å². The molecule has 4 nitrogen and oxygen atoms in total. The lowest BCUT2D eigenvalue weighted by molar-refractivity contribution is 0.400. The highest BCUT2D eigenvalue weighted by Crippen LogP contribution is 2.25. The molecule has 108 valence electrons. The quantitative estimate of drug-likeness (QED) is 0.766. The highest BCUT2D eigenvalue weighted by Gasteiger charge is 2.12.